The number of carbonyl (C=O) groups excluding carboxylic acids is 1. The maximum absolute atomic E-state index is 12.5. The van der Waals surface area contributed by atoms with Crippen molar-refractivity contribution >= 4 is 11.8 Å². The summed E-state index contributed by atoms with van der Waals surface area (Å²) in [6.07, 6.45) is 0.591. The summed E-state index contributed by atoms with van der Waals surface area (Å²) in [6, 6.07) is 16.8. The molecule has 5 nitrogen and oxygen atoms in total. The molecule has 5 heteroatoms. The minimum absolute atomic E-state index is 0.0989. The monoisotopic (exact) mass is 376 g/mol. The summed E-state index contributed by atoms with van der Waals surface area (Å²) >= 11 is 0. The number of nitrogens with zero attached hydrogens (tertiary/aromatic N) is 2. The zero-order valence-electron chi connectivity index (χ0n) is 16.2. The Kier molecular flexibility index (Phi) is 3.93. The first-order valence-corrected chi connectivity index (χ1v) is 9.87. The quantitative estimate of drug-likeness (QED) is 0.797. The van der Waals surface area contributed by atoms with E-state index in [1.165, 1.54) is 22.3 Å². The molecule has 0 radical (unpaired) electrons. The lowest BCUT2D eigenvalue weighted by Gasteiger charge is -2.38. The molecule has 1 aliphatic carbocycles. The Morgan fingerprint density at radius 1 is 1.11 bits per heavy atom. The summed E-state index contributed by atoms with van der Waals surface area (Å²) in [5.41, 5.74) is 5.79. The van der Waals surface area contributed by atoms with E-state index in [0.29, 0.717) is 25.6 Å². The standard InChI is InChI=1S/C23H24N2O3/c1-23(2)11-21(24-28-23)15-12-25(13-15)22(26)27-14-20-18-9-5-3-7-16(18)17-8-4-6-10-19(17)20/h3-10,15,20H,11-14H2,1-2H3. The van der Waals surface area contributed by atoms with Crippen molar-refractivity contribution in [3.05, 3.63) is 59.7 Å². The van der Waals surface area contributed by atoms with Crippen LogP contribution in [0.4, 0.5) is 4.79 Å². The van der Waals surface area contributed by atoms with Crippen LogP contribution in [0.1, 0.15) is 37.3 Å². The maximum Gasteiger partial charge on any atom is 0.409 e. The lowest BCUT2D eigenvalue weighted by Crippen LogP contribution is -2.53. The van der Waals surface area contributed by atoms with Crippen LogP contribution in [0.3, 0.4) is 0 Å². The highest BCUT2D eigenvalue weighted by Crippen LogP contribution is 2.44. The van der Waals surface area contributed by atoms with E-state index >= 15 is 0 Å². The van der Waals surface area contributed by atoms with Gasteiger partial charge in [-0.3, -0.25) is 0 Å². The second-order valence-electron chi connectivity index (χ2n) is 8.52. The van der Waals surface area contributed by atoms with Gasteiger partial charge in [-0.15, -0.1) is 0 Å². The molecule has 0 aromatic heterocycles. The molecule has 2 heterocycles. The molecule has 2 aliphatic heterocycles. The largest absolute Gasteiger partial charge is 0.448 e. The van der Waals surface area contributed by atoms with Crippen molar-refractivity contribution in [2.45, 2.75) is 31.8 Å². The number of oxime groups is 1. The van der Waals surface area contributed by atoms with Crippen LogP contribution in [0.15, 0.2) is 53.7 Å². The topological polar surface area (TPSA) is 51.1 Å². The first-order valence-electron chi connectivity index (χ1n) is 9.87. The van der Waals surface area contributed by atoms with Crippen LogP contribution in [0.2, 0.25) is 0 Å². The molecule has 1 fully saturated rings. The molecule has 0 N–H and O–H groups in total. The smallest absolute Gasteiger partial charge is 0.409 e. The van der Waals surface area contributed by atoms with Gasteiger partial charge >= 0.3 is 6.09 Å². The van der Waals surface area contributed by atoms with Gasteiger partial charge in [0.1, 0.15) is 12.2 Å². The van der Waals surface area contributed by atoms with Gasteiger partial charge < -0.3 is 14.5 Å². The summed E-state index contributed by atoms with van der Waals surface area (Å²) in [5.74, 6) is 0.393. The van der Waals surface area contributed by atoms with Crippen molar-refractivity contribution in [1.29, 1.82) is 0 Å². The van der Waals surface area contributed by atoms with Gasteiger partial charge in [0.05, 0.1) is 5.71 Å². The molecule has 28 heavy (non-hydrogen) atoms. The summed E-state index contributed by atoms with van der Waals surface area (Å²) in [4.78, 5) is 19.7. The number of ether oxygens (including phenoxy) is 1. The SMILES string of the molecule is CC1(C)CC(C2CN(C(=O)OCC3c4ccccc4-c4ccccc43)C2)=NO1. The summed E-state index contributed by atoms with van der Waals surface area (Å²) in [6.45, 7) is 5.76. The number of fused-ring (bicyclic) bond motifs is 3. The van der Waals surface area contributed by atoms with E-state index in [4.69, 9.17) is 9.57 Å². The van der Waals surface area contributed by atoms with E-state index in [9.17, 15) is 4.79 Å². The zero-order chi connectivity index (χ0) is 19.3. The summed E-state index contributed by atoms with van der Waals surface area (Å²) in [5, 5.41) is 4.20. The van der Waals surface area contributed by atoms with Gasteiger partial charge in [-0.1, -0.05) is 53.7 Å². The van der Waals surface area contributed by atoms with Crippen molar-refractivity contribution < 1.29 is 14.4 Å². The van der Waals surface area contributed by atoms with Crippen molar-refractivity contribution in [2.24, 2.45) is 11.1 Å². The number of amides is 1. The number of hydrogen-bond donors (Lipinski definition) is 0. The predicted octanol–water partition coefficient (Wildman–Crippen LogP) is 4.42. The van der Waals surface area contributed by atoms with E-state index in [2.05, 4.69) is 41.6 Å². The third kappa shape index (κ3) is 2.86. The highest BCUT2D eigenvalue weighted by atomic mass is 16.7. The molecular weight excluding hydrogens is 352 g/mol. The maximum atomic E-state index is 12.5. The molecule has 1 saturated heterocycles. The van der Waals surface area contributed by atoms with Gasteiger partial charge in [0, 0.05) is 31.3 Å². The Labute approximate surface area is 164 Å². The number of rotatable bonds is 3. The van der Waals surface area contributed by atoms with Crippen LogP contribution in [-0.2, 0) is 9.57 Å². The third-order valence-electron chi connectivity index (χ3n) is 5.96. The van der Waals surface area contributed by atoms with Crippen molar-refractivity contribution in [3.8, 4) is 11.1 Å². The van der Waals surface area contributed by atoms with Gasteiger partial charge in [0.2, 0.25) is 0 Å². The van der Waals surface area contributed by atoms with E-state index in [1.807, 2.05) is 26.0 Å². The number of benzene rings is 2. The molecule has 0 spiro atoms. The van der Waals surface area contributed by atoms with Crippen LogP contribution in [0, 0.1) is 5.92 Å². The Bertz CT molecular complexity index is 914. The molecule has 2 aromatic carbocycles. The number of carbonyl (C=O) groups is 1. The van der Waals surface area contributed by atoms with Crippen LogP contribution in [-0.4, -0.2) is 42.0 Å². The van der Waals surface area contributed by atoms with Crippen LogP contribution in [0.5, 0.6) is 0 Å². The molecule has 2 aromatic rings. The van der Waals surface area contributed by atoms with Gasteiger partial charge in [-0.2, -0.15) is 0 Å². The highest BCUT2D eigenvalue weighted by Gasteiger charge is 2.41. The minimum atomic E-state index is -0.239. The minimum Gasteiger partial charge on any atom is -0.448 e. The van der Waals surface area contributed by atoms with Gasteiger partial charge in [0.25, 0.3) is 0 Å². The Morgan fingerprint density at radius 3 is 2.29 bits per heavy atom. The molecule has 3 aliphatic rings. The average molecular weight is 376 g/mol. The van der Waals surface area contributed by atoms with E-state index in [-0.39, 0.29) is 17.6 Å². The second kappa shape index (κ2) is 6.36. The normalized spacial score (nSPS) is 20.1. The fraction of sp³-hybridized carbons (Fsp3) is 0.391. The lowest BCUT2D eigenvalue weighted by atomic mass is 9.89. The van der Waals surface area contributed by atoms with Gasteiger partial charge in [-0.05, 0) is 36.1 Å². The third-order valence-corrected chi connectivity index (χ3v) is 5.96. The zero-order valence-corrected chi connectivity index (χ0v) is 16.2. The van der Waals surface area contributed by atoms with Gasteiger partial charge in [-0.25, -0.2) is 4.79 Å². The molecule has 5 rings (SSSR count). The Morgan fingerprint density at radius 2 is 1.71 bits per heavy atom. The van der Waals surface area contributed by atoms with E-state index < -0.39 is 0 Å². The fourth-order valence-corrected chi connectivity index (χ4v) is 4.43. The fourth-order valence-electron chi connectivity index (χ4n) is 4.43. The average Bonchev–Trinajstić information content (AvgIpc) is 3.16. The van der Waals surface area contributed by atoms with Crippen molar-refractivity contribution in [1.82, 2.24) is 4.90 Å². The van der Waals surface area contributed by atoms with Crippen molar-refractivity contribution in [2.75, 3.05) is 19.7 Å². The number of hydrogen-bond acceptors (Lipinski definition) is 4. The Hall–Kier alpha value is -2.82. The molecule has 0 unspecified atom stereocenters. The first kappa shape index (κ1) is 17.3. The van der Waals surface area contributed by atoms with Crippen LogP contribution < -0.4 is 0 Å². The van der Waals surface area contributed by atoms with Crippen LogP contribution >= 0.6 is 0 Å². The molecule has 144 valence electrons. The predicted molar refractivity (Wildman–Crippen MR) is 107 cm³/mol. The number of likely N-dealkylation sites (tertiary alicyclic amines) is 1. The van der Waals surface area contributed by atoms with Crippen LogP contribution in [0.25, 0.3) is 11.1 Å². The van der Waals surface area contributed by atoms with E-state index in [0.717, 1.165) is 12.1 Å². The summed E-state index contributed by atoms with van der Waals surface area (Å²) in [7, 11) is 0. The Balaban J connectivity index is 1.21. The van der Waals surface area contributed by atoms with Crippen molar-refractivity contribution in [3.63, 3.8) is 0 Å². The highest BCUT2D eigenvalue weighted by molar-refractivity contribution is 5.90. The first-order chi connectivity index (χ1) is 13.5. The van der Waals surface area contributed by atoms with E-state index in [1.54, 1.807) is 4.90 Å². The molecule has 0 bridgehead atoms. The lowest BCUT2D eigenvalue weighted by molar-refractivity contribution is 0.0123. The molecule has 1 amide bonds. The molecular formula is C23H24N2O3. The molecule has 0 saturated carbocycles. The summed E-state index contributed by atoms with van der Waals surface area (Å²) < 4.78 is 5.71. The molecule has 0 atom stereocenters. The van der Waals surface area contributed by atoms with Gasteiger partial charge in [0.15, 0.2) is 0 Å². The second-order valence-corrected chi connectivity index (χ2v) is 8.52.